The summed E-state index contributed by atoms with van der Waals surface area (Å²) in [5, 5.41) is 4.97. The van der Waals surface area contributed by atoms with Crippen molar-refractivity contribution in [3.8, 4) is 5.75 Å². The standard InChI is InChI=1S/C19H23N3O6S/c1-27-15-6-8-17(9-7-15)29(25,26)22-10-2-4-14(22)12-20-18(23)19(24)21-13-16-5-3-11-28-16/h3,5-9,11,14H,2,4,10,12-13H2,1H3,(H,20,23)(H,21,24)/t14-/m1/s1. The zero-order valence-electron chi connectivity index (χ0n) is 16.0. The van der Waals surface area contributed by atoms with Crippen molar-refractivity contribution in [1.29, 1.82) is 0 Å². The molecule has 1 aromatic heterocycles. The molecular weight excluding hydrogens is 398 g/mol. The van der Waals surface area contributed by atoms with Gasteiger partial charge in [0.2, 0.25) is 10.0 Å². The van der Waals surface area contributed by atoms with Gasteiger partial charge in [-0.15, -0.1) is 0 Å². The Morgan fingerprint density at radius 1 is 1.17 bits per heavy atom. The molecule has 1 fully saturated rings. The minimum atomic E-state index is -3.71. The van der Waals surface area contributed by atoms with E-state index in [-0.39, 0.29) is 18.0 Å². The molecule has 1 aliphatic heterocycles. The van der Waals surface area contributed by atoms with Crippen molar-refractivity contribution in [2.75, 3.05) is 20.2 Å². The number of nitrogens with one attached hydrogen (secondary N) is 2. The average molecular weight is 421 g/mol. The molecule has 1 atom stereocenters. The molecule has 2 heterocycles. The quantitative estimate of drug-likeness (QED) is 0.641. The Bertz CT molecular complexity index is 941. The number of methoxy groups -OCH3 is 1. The molecule has 0 bridgehead atoms. The van der Waals surface area contributed by atoms with E-state index < -0.39 is 27.9 Å². The lowest BCUT2D eigenvalue weighted by atomic mass is 10.2. The predicted molar refractivity (Wildman–Crippen MR) is 103 cm³/mol. The van der Waals surface area contributed by atoms with Crippen LogP contribution in [0.3, 0.4) is 0 Å². The second-order valence-corrected chi connectivity index (χ2v) is 8.45. The fourth-order valence-electron chi connectivity index (χ4n) is 3.16. The number of hydrogen-bond donors (Lipinski definition) is 2. The van der Waals surface area contributed by atoms with E-state index in [1.165, 1.54) is 29.8 Å². The molecule has 0 spiro atoms. The Hall–Kier alpha value is -2.85. The summed E-state index contributed by atoms with van der Waals surface area (Å²) in [4.78, 5) is 24.1. The number of ether oxygens (including phenoxy) is 1. The Kier molecular flexibility index (Phi) is 6.55. The maximum absolute atomic E-state index is 12.9. The maximum atomic E-state index is 12.9. The van der Waals surface area contributed by atoms with Crippen molar-refractivity contribution >= 4 is 21.8 Å². The van der Waals surface area contributed by atoms with Gasteiger partial charge in [0.05, 0.1) is 24.8 Å². The molecule has 2 N–H and O–H groups in total. The van der Waals surface area contributed by atoms with Crippen LogP contribution in [0.2, 0.25) is 0 Å². The zero-order valence-corrected chi connectivity index (χ0v) is 16.8. The number of nitrogens with zero attached hydrogens (tertiary/aromatic N) is 1. The summed E-state index contributed by atoms with van der Waals surface area (Å²) in [7, 11) is -2.20. The lowest BCUT2D eigenvalue weighted by Crippen LogP contribution is -2.46. The van der Waals surface area contributed by atoms with Crippen LogP contribution in [-0.4, -0.2) is 50.8 Å². The van der Waals surface area contributed by atoms with Crippen molar-refractivity contribution in [3.05, 3.63) is 48.4 Å². The molecule has 0 saturated carbocycles. The predicted octanol–water partition coefficient (Wildman–Crippen LogP) is 0.874. The van der Waals surface area contributed by atoms with Crippen LogP contribution in [-0.2, 0) is 26.2 Å². The van der Waals surface area contributed by atoms with Crippen molar-refractivity contribution in [2.24, 2.45) is 0 Å². The fraction of sp³-hybridized carbons (Fsp3) is 0.368. The van der Waals surface area contributed by atoms with E-state index in [4.69, 9.17) is 9.15 Å². The lowest BCUT2D eigenvalue weighted by molar-refractivity contribution is -0.139. The third-order valence-corrected chi connectivity index (χ3v) is 6.66. The number of sulfonamides is 1. The number of benzene rings is 1. The third-order valence-electron chi connectivity index (χ3n) is 4.70. The maximum Gasteiger partial charge on any atom is 0.309 e. The number of rotatable bonds is 7. The minimum Gasteiger partial charge on any atom is -0.497 e. The minimum absolute atomic E-state index is 0.0579. The molecule has 1 aromatic carbocycles. The number of carbonyl (C=O) groups is 2. The monoisotopic (exact) mass is 421 g/mol. The summed E-state index contributed by atoms with van der Waals surface area (Å²) in [6.07, 6.45) is 2.75. The van der Waals surface area contributed by atoms with Gasteiger partial charge in [-0.25, -0.2) is 8.42 Å². The van der Waals surface area contributed by atoms with Crippen molar-refractivity contribution in [3.63, 3.8) is 0 Å². The molecule has 9 nitrogen and oxygen atoms in total. The SMILES string of the molecule is COc1ccc(S(=O)(=O)N2CCC[C@@H]2CNC(=O)C(=O)NCc2ccco2)cc1. The highest BCUT2D eigenvalue weighted by Crippen LogP contribution is 2.26. The molecule has 29 heavy (non-hydrogen) atoms. The van der Waals surface area contributed by atoms with Gasteiger partial charge in [0.25, 0.3) is 0 Å². The van der Waals surface area contributed by atoms with Crippen LogP contribution >= 0.6 is 0 Å². The Morgan fingerprint density at radius 2 is 1.90 bits per heavy atom. The van der Waals surface area contributed by atoms with Gasteiger partial charge in [0, 0.05) is 19.1 Å². The van der Waals surface area contributed by atoms with Crippen LogP contribution in [0.15, 0.2) is 52.0 Å². The van der Waals surface area contributed by atoms with Gasteiger partial charge >= 0.3 is 11.8 Å². The van der Waals surface area contributed by atoms with E-state index in [1.807, 2.05) is 0 Å². The normalized spacial score (nSPS) is 17.1. The van der Waals surface area contributed by atoms with Crippen molar-refractivity contribution < 1.29 is 27.2 Å². The molecule has 2 amide bonds. The van der Waals surface area contributed by atoms with E-state index in [0.717, 1.165) is 0 Å². The Labute approximate surface area is 169 Å². The highest BCUT2D eigenvalue weighted by molar-refractivity contribution is 7.89. The topological polar surface area (TPSA) is 118 Å². The van der Waals surface area contributed by atoms with Crippen LogP contribution in [0.4, 0.5) is 0 Å². The first-order chi connectivity index (χ1) is 13.9. The number of amides is 2. The molecule has 0 radical (unpaired) electrons. The van der Waals surface area contributed by atoms with Gasteiger partial charge in [-0.3, -0.25) is 9.59 Å². The summed E-state index contributed by atoms with van der Waals surface area (Å²) in [5.74, 6) is -0.525. The first-order valence-corrected chi connectivity index (χ1v) is 10.6. The highest BCUT2D eigenvalue weighted by atomic mass is 32.2. The van der Waals surface area contributed by atoms with Crippen molar-refractivity contribution in [1.82, 2.24) is 14.9 Å². The third kappa shape index (κ3) is 4.96. The fourth-order valence-corrected chi connectivity index (χ4v) is 4.86. The molecule has 156 valence electrons. The zero-order chi connectivity index (χ0) is 20.9. The van der Waals surface area contributed by atoms with Crippen molar-refractivity contribution in [2.45, 2.75) is 30.3 Å². The summed E-state index contributed by atoms with van der Waals surface area (Å²) in [6, 6.07) is 9.10. The first kappa shape index (κ1) is 20.9. The van der Waals surface area contributed by atoms with Crippen LogP contribution < -0.4 is 15.4 Å². The summed E-state index contributed by atoms with van der Waals surface area (Å²) >= 11 is 0. The highest BCUT2D eigenvalue weighted by Gasteiger charge is 2.35. The molecule has 10 heteroatoms. The number of hydrogen-bond acceptors (Lipinski definition) is 6. The van der Waals surface area contributed by atoms with E-state index >= 15 is 0 Å². The summed E-state index contributed by atoms with van der Waals surface area (Å²) in [5.41, 5.74) is 0. The molecule has 2 aromatic rings. The number of carbonyl (C=O) groups excluding carboxylic acids is 2. The van der Waals surface area contributed by atoms with Crippen LogP contribution in [0.5, 0.6) is 5.75 Å². The molecule has 1 saturated heterocycles. The number of furan rings is 1. The van der Waals surface area contributed by atoms with Gasteiger partial charge in [-0.2, -0.15) is 4.31 Å². The second-order valence-electron chi connectivity index (χ2n) is 6.56. The van der Waals surface area contributed by atoms with Gasteiger partial charge in [-0.05, 0) is 49.2 Å². The molecule has 1 aliphatic rings. The van der Waals surface area contributed by atoms with E-state index in [0.29, 0.717) is 30.9 Å². The Morgan fingerprint density at radius 3 is 2.55 bits per heavy atom. The second kappa shape index (κ2) is 9.10. The van der Waals surface area contributed by atoms with E-state index in [2.05, 4.69) is 10.6 Å². The van der Waals surface area contributed by atoms with Crippen LogP contribution in [0, 0.1) is 0 Å². The van der Waals surface area contributed by atoms with E-state index in [9.17, 15) is 18.0 Å². The largest absolute Gasteiger partial charge is 0.497 e. The summed E-state index contributed by atoms with van der Waals surface area (Å²) < 4.78 is 37.4. The van der Waals surface area contributed by atoms with Gasteiger partial charge < -0.3 is 19.8 Å². The van der Waals surface area contributed by atoms with Crippen LogP contribution in [0.1, 0.15) is 18.6 Å². The van der Waals surface area contributed by atoms with Gasteiger partial charge in [0.1, 0.15) is 11.5 Å². The molecule has 0 aliphatic carbocycles. The molecule has 0 unspecified atom stereocenters. The van der Waals surface area contributed by atoms with Crippen LogP contribution in [0.25, 0.3) is 0 Å². The Balaban J connectivity index is 1.57. The molecular formula is C19H23N3O6S. The average Bonchev–Trinajstić information content (AvgIpc) is 3.42. The van der Waals surface area contributed by atoms with E-state index in [1.54, 1.807) is 24.3 Å². The smallest absolute Gasteiger partial charge is 0.309 e. The first-order valence-electron chi connectivity index (χ1n) is 9.16. The molecule has 3 rings (SSSR count). The van der Waals surface area contributed by atoms with Gasteiger partial charge in [0.15, 0.2) is 0 Å². The summed E-state index contributed by atoms with van der Waals surface area (Å²) in [6.45, 7) is 0.517. The lowest BCUT2D eigenvalue weighted by Gasteiger charge is -2.24. The van der Waals surface area contributed by atoms with Gasteiger partial charge in [-0.1, -0.05) is 0 Å².